The molecule has 33 heavy (non-hydrogen) atoms. The van der Waals surface area contributed by atoms with Gasteiger partial charge in [0.1, 0.15) is 5.75 Å². The van der Waals surface area contributed by atoms with Gasteiger partial charge in [-0.2, -0.15) is 5.10 Å². The Morgan fingerprint density at radius 1 is 1.06 bits per heavy atom. The summed E-state index contributed by atoms with van der Waals surface area (Å²) < 4.78 is 0.368. The van der Waals surface area contributed by atoms with E-state index in [2.05, 4.69) is 10.5 Å². The first-order chi connectivity index (χ1) is 15.8. The number of phenolic OH excluding ortho intramolecular Hbond substituents is 1. The Kier molecular flexibility index (Phi) is 6.17. The third-order valence-corrected chi connectivity index (χ3v) is 6.48. The number of phenols is 1. The highest BCUT2D eigenvalue weighted by molar-refractivity contribution is 8.35. The largest absolute Gasteiger partial charge is 0.505 e. The number of nitrogens with zero attached hydrogens (tertiary/aromatic N) is 2. The van der Waals surface area contributed by atoms with Gasteiger partial charge in [0.2, 0.25) is 0 Å². The number of aromatic carboxylic acids is 1. The Balaban J connectivity index is 1.60. The van der Waals surface area contributed by atoms with E-state index in [1.807, 2.05) is 32.0 Å². The maximum atomic E-state index is 12.9. The van der Waals surface area contributed by atoms with Crippen molar-refractivity contribution < 1.29 is 19.8 Å². The standard InChI is InChI=1S/C24H19N3O4S2/c1-13-9-10-17(11-14(13)2)27-22(29)21(33-24(27)32)26-25-19-8-4-7-18(20(19)28)15-5-3-6-16(12-15)23(30)31/h3-12,25,28H,1-2H3,(H,30,31)/b26-21-. The van der Waals surface area contributed by atoms with Crippen LogP contribution in [-0.2, 0) is 4.79 Å². The van der Waals surface area contributed by atoms with Crippen LogP contribution >= 0.6 is 24.0 Å². The predicted octanol–water partition coefficient (Wildman–Crippen LogP) is 5.16. The number of amides is 1. The van der Waals surface area contributed by atoms with E-state index in [1.54, 1.807) is 30.3 Å². The number of hydrogen-bond donors (Lipinski definition) is 3. The van der Waals surface area contributed by atoms with Crippen LogP contribution < -0.4 is 10.3 Å². The molecule has 1 aliphatic rings. The second kappa shape index (κ2) is 9.05. The highest BCUT2D eigenvalue weighted by Crippen LogP contribution is 2.36. The van der Waals surface area contributed by atoms with E-state index in [4.69, 9.17) is 12.2 Å². The van der Waals surface area contributed by atoms with E-state index < -0.39 is 5.97 Å². The van der Waals surface area contributed by atoms with Gasteiger partial charge in [-0.15, -0.1) is 0 Å². The number of carbonyl (C=O) groups is 2. The van der Waals surface area contributed by atoms with Crippen LogP contribution in [-0.4, -0.2) is 31.5 Å². The number of rotatable bonds is 5. The molecule has 3 N–H and O–H groups in total. The number of nitrogens with one attached hydrogen (secondary N) is 1. The summed E-state index contributed by atoms with van der Waals surface area (Å²) in [4.78, 5) is 25.6. The Labute approximate surface area is 199 Å². The van der Waals surface area contributed by atoms with Crippen LogP contribution in [0, 0.1) is 13.8 Å². The van der Waals surface area contributed by atoms with Crippen molar-refractivity contribution in [2.45, 2.75) is 13.8 Å². The molecule has 1 fully saturated rings. The first-order valence-corrected chi connectivity index (χ1v) is 11.1. The van der Waals surface area contributed by atoms with Crippen molar-refractivity contribution in [3.63, 3.8) is 0 Å². The second-order valence-electron chi connectivity index (χ2n) is 7.39. The van der Waals surface area contributed by atoms with E-state index >= 15 is 0 Å². The number of thioether (sulfide) groups is 1. The fourth-order valence-corrected chi connectivity index (χ4v) is 4.45. The van der Waals surface area contributed by atoms with Gasteiger partial charge < -0.3 is 10.2 Å². The van der Waals surface area contributed by atoms with Crippen LogP contribution in [0.15, 0.2) is 65.8 Å². The number of thiocarbonyl (C=S) groups is 1. The van der Waals surface area contributed by atoms with Gasteiger partial charge in [-0.3, -0.25) is 15.1 Å². The molecule has 4 rings (SSSR count). The summed E-state index contributed by atoms with van der Waals surface area (Å²) >= 11 is 6.46. The number of aromatic hydroxyl groups is 1. The first kappa shape index (κ1) is 22.5. The molecule has 1 amide bonds. The van der Waals surface area contributed by atoms with Gasteiger partial charge in [0.15, 0.2) is 9.36 Å². The summed E-state index contributed by atoms with van der Waals surface area (Å²) in [5.41, 5.74) is 6.92. The predicted molar refractivity (Wildman–Crippen MR) is 135 cm³/mol. The van der Waals surface area contributed by atoms with E-state index in [0.29, 0.717) is 21.1 Å². The maximum absolute atomic E-state index is 12.9. The molecule has 7 nitrogen and oxygen atoms in total. The molecular formula is C24H19N3O4S2. The van der Waals surface area contributed by atoms with Gasteiger partial charge in [-0.05, 0) is 72.6 Å². The number of benzene rings is 3. The highest BCUT2D eigenvalue weighted by Gasteiger charge is 2.35. The zero-order valence-corrected chi connectivity index (χ0v) is 19.3. The minimum Gasteiger partial charge on any atom is -0.505 e. The van der Waals surface area contributed by atoms with Crippen molar-refractivity contribution in [2.24, 2.45) is 5.10 Å². The number of para-hydroxylation sites is 1. The lowest BCUT2D eigenvalue weighted by Crippen LogP contribution is -2.29. The molecule has 0 unspecified atom stereocenters. The average molecular weight is 478 g/mol. The number of carbonyl (C=O) groups excluding carboxylic acids is 1. The van der Waals surface area contributed by atoms with Crippen molar-refractivity contribution in [3.05, 3.63) is 77.4 Å². The van der Waals surface area contributed by atoms with Crippen LogP contribution in [0.2, 0.25) is 0 Å². The Morgan fingerprint density at radius 3 is 2.55 bits per heavy atom. The van der Waals surface area contributed by atoms with Gasteiger partial charge in [-0.25, -0.2) is 4.79 Å². The molecule has 3 aromatic rings. The molecule has 0 radical (unpaired) electrons. The third kappa shape index (κ3) is 4.46. The van der Waals surface area contributed by atoms with Crippen LogP contribution in [0.25, 0.3) is 11.1 Å². The highest BCUT2D eigenvalue weighted by atomic mass is 32.2. The van der Waals surface area contributed by atoms with Crippen molar-refractivity contribution in [3.8, 4) is 16.9 Å². The van der Waals surface area contributed by atoms with Crippen LogP contribution in [0.5, 0.6) is 5.75 Å². The summed E-state index contributed by atoms with van der Waals surface area (Å²) in [6.45, 7) is 3.96. The van der Waals surface area contributed by atoms with E-state index in [0.717, 1.165) is 22.9 Å². The molecule has 0 saturated carbocycles. The van der Waals surface area contributed by atoms with Crippen molar-refractivity contribution in [1.29, 1.82) is 0 Å². The van der Waals surface area contributed by atoms with Gasteiger partial charge in [0.05, 0.1) is 16.9 Å². The fourth-order valence-electron chi connectivity index (χ4n) is 3.31. The van der Waals surface area contributed by atoms with Crippen molar-refractivity contribution in [2.75, 3.05) is 10.3 Å². The van der Waals surface area contributed by atoms with E-state index in [1.165, 1.54) is 17.0 Å². The lowest BCUT2D eigenvalue weighted by molar-refractivity contribution is -0.111. The first-order valence-electron chi connectivity index (χ1n) is 9.89. The Hall–Kier alpha value is -3.69. The van der Waals surface area contributed by atoms with Crippen LogP contribution in [0.3, 0.4) is 0 Å². The molecule has 0 aromatic heterocycles. The molecular weight excluding hydrogens is 458 g/mol. The summed E-state index contributed by atoms with van der Waals surface area (Å²) in [5, 5.41) is 24.3. The molecule has 0 bridgehead atoms. The minimum atomic E-state index is -1.06. The third-order valence-electron chi connectivity index (χ3n) is 5.24. The molecule has 1 heterocycles. The van der Waals surface area contributed by atoms with Crippen molar-refractivity contribution >= 4 is 56.6 Å². The second-order valence-corrected chi connectivity index (χ2v) is 9.02. The molecule has 166 valence electrons. The quantitative estimate of drug-likeness (QED) is 0.265. The monoisotopic (exact) mass is 477 g/mol. The molecule has 1 saturated heterocycles. The fraction of sp³-hybridized carbons (Fsp3) is 0.0833. The van der Waals surface area contributed by atoms with Crippen LogP contribution in [0.4, 0.5) is 11.4 Å². The van der Waals surface area contributed by atoms with E-state index in [-0.39, 0.29) is 28.0 Å². The van der Waals surface area contributed by atoms with Gasteiger partial charge in [-0.1, -0.05) is 42.5 Å². The molecule has 0 atom stereocenters. The molecule has 3 aromatic carbocycles. The number of anilines is 2. The smallest absolute Gasteiger partial charge is 0.335 e. The van der Waals surface area contributed by atoms with Gasteiger partial charge >= 0.3 is 5.97 Å². The number of aryl methyl sites for hydroxylation is 2. The Morgan fingerprint density at radius 2 is 1.82 bits per heavy atom. The zero-order valence-electron chi connectivity index (χ0n) is 17.7. The van der Waals surface area contributed by atoms with Crippen LogP contribution in [0.1, 0.15) is 21.5 Å². The number of hydrogen-bond acceptors (Lipinski definition) is 7. The maximum Gasteiger partial charge on any atom is 0.335 e. The number of carboxylic acids is 1. The zero-order chi connectivity index (χ0) is 23.7. The lowest BCUT2D eigenvalue weighted by atomic mass is 10.0. The summed E-state index contributed by atoms with van der Waals surface area (Å²) in [6, 6.07) is 16.9. The van der Waals surface area contributed by atoms with E-state index in [9.17, 15) is 19.8 Å². The SMILES string of the molecule is Cc1ccc(N2C(=O)/C(=N/Nc3cccc(-c4cccc(C(=O)O)c4)c3O)SC2=S)cc1C. The minimum absolute atomic E-state index is 0.110. The molecule has 0 aliphatic carbocycles. The van der Waals surface area contributed by atoms with Gasteiger partial charge in [0, 0.05) is 5.56 Å². The van der Waals surface area contributed by atoms with Gasteiger partial charge in [0.25, 0.3) is 5.91 Å². The summed E-state index contributed by atoms with van der Waals surface area (Å²) in [7, 11) is 0. The summed E-state index contributed by atoms with van der Waals surface area (Å²) in [6.07, 6.45) is 0. The average Bonchev–Trinajstić information content (AvgIpc) is 3.08. The molecule has 9 heteroatoms. The summed E-state index contributed by atoms with van der Waals surface area (Å²) in [5.74, 6) is -1.53. The number of hydrazone groups is 1. The van der Waals surface area contributed by atoms with Crippen molar-refractivity contribution in [1.82, 2.24) is 0 Å². The molecule has 0 spiro atoms. The topological polar surface area (TPSA) is 102 Å². The number of carboxylic acid groups (broad SMARTS) is 1. The molecule has 1 aliphatic heterocycles. The normalized spacial score (nSPS) is 14.7. The Bertz CT molecular complexity index is 1340. The lowest BCUT2D eigenvalue weighted by Gasteiger charge is -2.15.